The molecule has 150 valence electrons. The molecular formula is C20H21N5O4. The molecule has 1 aromatic carbocycles. The van der Waals surface area contributed by atoms with Crippen LogP contribution in [-0.4, -0.2) is 56.7 Å². The molecule has 3 aromatic rings. The molecule has 1 aliphatic heterocycles. The molecule has 0 saturated carbocycles. The predicted octanol–water partition coefficient (Wildman–Crippen LogP) is 1.74. The van der Waals surface area contributed by atoms with Gasteiger partial charge in [-0.2, -0.15) is 0 Å². The van der Waals surface area contributed by atoms with Crippen LogP contribution in [0.4, 0.5) is 0 Å². The highest BCUT2D eigenvalue weighted by Crippen LogP contribution is 2.30. The van der Waals surface area contributed by atoms with Crippen molar-refractivity contribution in [2.24, 2.45) is 5.41 Å². The predicted molar refractivity (Wildman–Crippen MR) is 104 cm³/mol. The van der Waals surface area contributed by atoms with E-state index in [1.165, 1.54) is 0 Å². The zero-order valence-corrected chi connectivity index (χ0v) is 16.0. The first kappa shape index (κ1) is 19.0. The van der Waals surface area contributed by atoms with Crippen molar-refractivity contribution in [1.82, 2.24) is 25.3 Å². The van der Waals surface area contributed by atoms with Crippen molar-refractivity contribution < 1.29 is 19.4 Å². The maximum absolute atomic E-state index is 12.7. The van der Waals surface area contributed by atoms with Gasteiger partial charge in [0.25, 0.3) is 5.91 Å². The van der Waals surface area contributed by atoms with Gasteiger partial charge in [0.05, 0.1) is 22.3 Å². The summed E-state index contributed by atoms with van der Waals surface area (Å²) in [5.74, 6) is -1.37. The summed E-state index contributed by atoms with van der Waals surface area (Å²) in [6.45, 7) is 2.51. The molecule has 9 heteroatoms. The van der Waals surface area contributed by atoms with Gasteiger partial charge in [-0.25, -0.2) is 4.68 Å². The van der Waals surface area contributed by atoms with E-state index in [9.17, 15) is 14.7 Å². The molecule has 4 rings (SSSR count). The normalized spacial score (nSPS) is 15.9. The van der Waals surface area contributed by atoms with Crippen LogP contribution < -0.4 is 5.32 Å². The minimum absolute atomic E-state index is 0.0228. The Labute approximate surface area is 166 Å². The smallest absolute Gasteiger partial charge is 0.311 e. The lowest BCUT2D eigenvalue weighted by Gasteiger charge is -2.33. The number of nitrogens with one attached hydrogen (secondary N) is 1. The fourth-order valence-corrected chi connectivity index (χ4v) is 3.60. The summed E-state index contributed by atoms with van der Waals surface area (Å²) in [5, 5.41) is 21.4. The maximum Gasteiger partial charge on any atom is 0.311 e. The molecule has 3 heterocycles. The Morgan fingerprint density at radius 3 is 2.79 bits per heavy atom. The third-order valence-electron chi connectivity index (χ3n) is 5.45. The minimum Gasteiger partial charge on any atom is -0.481 e. The molecule has 0 unspecified atom stereocenters. The van der Waals surface area contributed by atoms with Gasteiger partial charge in [-0.05, 0) is 44.0 Å². The summed E-state index contributed by atoms with van der Waals surface area (Å²) in [6, 6.07) is 9.42. The molecule has 1 aliphatic rings. The Kier molecular flexibility index (Phi) is 4.98. The topological polar surface area (TPSA) is 119 Å². The molecule has 0 radical (unpaired) electrons. The number of carbonyl (C=O) groups excluding carboxylic acids is 1. The van der Waals surface area contributed by atoms with Crippen molar-refractivity contribution in [3.05, 3.63) is 47.9 Å². The fraction of sp³-hybridized carbons (Fsp3) is 0.350. The number of aromatic nitrogens is 4. The number of hydrogen-bond donors (Lipinski definition) is 2. The molecule has 2 aromatic heterocycles. The molecule has 1 amide bonds. The molecule has 1 fully saturated rings. The number of aliphatic carboxylic acids is 1. The lowest BCUT2D eigenvalue weighted by molar-refractivity contribution is -0.154. The molecule has 1 saturated heterocycles. The number of nitrogens with zero attached hydrogens (tertiary/aromatic N) is 4. The van der Waals surface area contributed by atoms with Gasteiger partial charge < -0.3 is 15.2 Å². The highest BCUT2D eigenvalue weighted by atomic mass is 16.5. The first-order valence-corrected chi connectivity index (χ1v) is 9.38. The van der Waals surface area contributed by atoms with Gasteiger partial charge in [-0.15, -0.1) is 5.10 Å². The second-order valence-electron chi connectivity index (χ2n) is 7.16. The third-order valence-corrected chi connectivity index (χ3v) is 5.45. The number of rotatable bonds is 5. The number of hydrogen-bond acceptors (Lipinski definition) is 6. The van der Waals surface area contributed by atoms with E-state index in [0.29, 0.717) is 31.7 Å². The van der Waals surface area contributed by atoms with Crippen LogP contribution in [0.3, 0.4) is 0 Å². The summed E-state index contributed by atoms with van der Waals surface area (Å²) in [6.07, 6.45) is 2.43. The van der Waals surface area contributed by atoms with Crippen molar-refractivity contribution in [1.29, 1.82) is 0 Å². The zero-order valence-electron chi connectivity index (χ0n) is 16.0. The molecule has 0 atom stereocenters. The van der Waals surface area contributed by atoms with Gasteiger partial charge in [0.15, 0.2) is 5.69 Å². The number of benzene rings is 1. The highest BCUT2D eigenvalue weighted by molar-refractivity contribution is 5.94. The van der Waals surface area contributed by atoms with E-state index in [-0.39, 0.29) is 12.2 Å². The van der Waals surface area contributed by atoms with E-state index in [1.807, 2.05) is 30.3 Å². The zero-order chi connectivity index (χ0) is 20.4. The Morgan fingerprint density at radius 1 is 1.24 bits per heavy atom. The Balaban J connectivity index is 1.58. The molecule has 29 heavy (non-hydrogen) atoms. The fourth-order valence-electron chi connectivity index (χ4n) is 3.60. The number of pyridine rings is 1. The number of ether oxygens (including phenoxy) is 1. The molecule has 0 spiro atoms. The van der Waals surface area contributed by atoms with Crippen LogP contribution in [0.25, 0.3) is 16.6 Å². The molecule has 0 bridgehead atoms. The van der Waals surface area contributed by atoms with Crippen LogP contribution in [0.5, 0.6) is 0 Å². The highest BCUT2D eigenvalue weighted by Gasteiger charge is 2.40. The van der Waals surface area contributed by atoms with Gasteiger partial charge in [0.2, 0.25) is 0 Å². The van der Waals surface area contributed by atoms with E-state index in [4.69, 9.17) is 4.74 Å². The van der Waals surface area contributed by atoms with E-state index < -0.39 is 17.3 Å². The molecule has 0 aliphatic carbocycles. The number of carbonyl (C=O) groups is 2. The van der Waals surface area contributed by atoms with Crippen LogP contribution in [-0.2, 0) is 9.53 Å². The first-order chi connectivity index (χ1) is 14.0. The van der Waals surface area contributed by atoms with Gasteiger partial charge >= 0.3 is 5.97 Å². The SMILES string of the molecule is Cc1c(C(=O)NCC2(C(=O)O)CCOCC2)nnn1-c1cccc2ncccc12. The number of amides is 1. The summed E-state index contributed by atoms with van der Waals surface area (Å²) < 4.78 is 6.86. The summed E-state index contributed by atoms with van der Waals surface area (Å²) in [7, 11) is 0. The Bertz CT molecular complexity index is 1070. The minimum atomic E-state index is -1.01. The van der Waals surface area contributed by atoms with Crippen molar-refractivity contribution >= 4 is 22.8 Å². The van der Waals surface area contributed by atoms with Crippen LogP contribution in [0, 0.1) is 12.3 Å². The van der Waals surface area contributed by atoms with Crippen LogP contribution in [0.1, 0.15) is 29.0 Å². The van der Waals surface area contributed by atoms with Crippen LogP contribution in [0.15, 0.2) is 36.5 Å². The number of carboxylic acid groups (broad SMARTS) is 1. The van der Waals surface area contributed by atoms with Gasteiger partial charge in [0.1, 0.15) is 0 Å². The van der Waals surface area contributed by atoms with Crippen LogP contribution >= 0.6 is 0 Å². The standard InChI is InChI=1S/C20H21N5O4/c1-13-17(18(26)22-12-20(19(27)28)7-10-29-11-8-20)23-24-25(13)16-6-2-5-15-14(16)4-3-9-21-15/h2-6,9H,7-8,10-12H2,1H3,(H,22,26)(H,27,28). The quantitative estimate of drug-likeness (QED) is 0.675. The Morgan fingerprint density at radius 2 is 2.03 bits per heavy atom. The monoisotopic (exact) mass is 395 g/mol. The maximum atomic E-state index is 12.7. The first-order valence-electron chi connectivity index (χ1n) is 9.38. The molecular weight excluding hydrogens is 374 g/mol. The molecule has 2 N–H and O–H groups in total. The lowest BCUT2D eigenvalue weighted by atomic mass is 9.80. The van der Waals surface area contributed by atoms with Crippen molar-refractivity contribution in [2.75, 3.05) is 19.8 Å². The average Bonchev–Trinajstić information content (AvgIpc) is 3.13. The van der Waals surface area contributed by atoms with E-state index in [2.05, 4.69) is 20.6 Å². The number of fused-ring (bicyclic) bond motifs is 1. The Hall–Kier alpha value is -3.33. The average molecular weight is 395 g/mol. The van der Waals surface area contributed by atoms with E-state index in [0.717, 1.165) is 16.6 Å². The summed E-state index contributed by atoms with van der Waals surface area (Å²) >= 11 is 0. The van der Waals surface area contributed by atoms with Gasteiger partial charge in [-0.1, -0.05) is 11.3 Å². The molecule has 9 nitrogen and oxygen atoms in total. The van der Waals surface area contributed by atoms with Crippen molar-refractivity contribution in [3.8, 4) is 5.69 Å². The van der Waals surface area contributed by atoms with Crippen molar-refractivity contribution in [2.45, 2.75) is 19.8 Å². The lowest BCUT2D eigenvalue weighted by Crippen LogP contribution is -2.46. The van der Waals surface area contributed by atoms with Gasteiger partial charge in [-0.3, -0.25) is 14.6 Å². The van der Waals surface area contributed by atoms with Crippen molar-refractivity contribution in [3.63, 3.8) is 0 Å². The van der Waals surface area contributed by atoms with E-state index >= 15 is 0 Å². The second-order valence-corrected chi connectivity index (χ2v) is 7.16. The largest absolute Gasteiger partial charge is 0.481 e. The summed E-state index contributed by atoms with van der Waals surface area (Å²) in [5.41, 5.74) is 1.30. The van der Waals surface area contributed by atoms with E-state index in [1.54, 1.807) is 17.8 Å². The second kappa shape index (κ2) is 7.59. The summed E-state index contributed by atoms with van der Waals surface area (Å²) in [4.78, 5) is 28.8. The van der Waals surface area contributed by atoms with Gasteiger partial charge in [0, 0.05) is 31.3 Å². The number of carboxylic acids is 1. The van der Waals surface area contributed by atoms with Crippen LogP contribution in [0.2, 0.25) is 0 Å². The third kappa shape index (κ3) is 3.44.